The van der Waals surface area contributed by atoms with Gasteiger partial charge >= 0.3 is 0 Å². The van der Waals surface area contributed by atoms with E-state index in [2.05, 4.69) is 15.6 Å². The number of para-hydroxylation sites is 1. The smallest absolute Gasteiger partial charge is 0.251 e. The summed E-state index contributed by atoms with van der Waals surface area (Å²) in [6.07, 6.45) is 0. The van der Waals surface area contributed by atoms with Gasteiger partial charge in [-0.25, -0.2) is 4.68 Å². The Hall–Kier alpha value is -5.98. The van der Waals surface area contributed by atoms with E-state index < -0.39 is 17.9 Å². The lowest BCUT2D eigenvalue weighted by molar-refractivity contribution is -0.140. The van der Waals surface area contributed by atoms with Crippen molar-refractivity contribution < 1.29 is 38.0 Å². The summed E-state index contributed by atoms with van der Waals surface area (Å²) in [6, 6.07) is 21.8. The minimum absolute atomic E-state index is 0.0609. The van der Waals surface area contributed by atoms with Gasteiger partial charge in [0.25, 0.3) is 5.91 Å². The Morgan fingerprint density at radius 1 is 0.872 bits per heavy atom. The number of hydrogen-bond acceptors (Lipinski definition) is 10. The third-order valence-corrected chi connectivity index (χ3v) is 7.74. The Bertz CT molecular complexity index is 1880. The summed E-state index contributed by atoms with van der Waals surface area (Å²) in [5, 5.41) is 11.4. The van der Waals surface area contributed by atoms with Crippen LogP contribution in [0.3, 0.4) is 0 Å². The first-order valence-electron chi connectivity index (χ1n) is 14.6. The molecule has 13 heteroatoms. The average molecular weight is 640 g/mol. The fourth-order valence-electron chi connectivity index (χ4n) is 5.42. The topological polar surface area (TPSA) is 136 Å². The van der Waals surface area contributed by atoms with E-state index >= 15 is 0 Å². The lowest BCUT2D eigenvalue weighted by Crippen LogP contribution is -2.42. The second kappa shape index (κ2) is 13.6. The molecule has 0 saturated carbocycles. The normalized spacial score (nSPS) is 12.3. The van der Waals surface area contributed by atoms with Gasteiger partial charge in [-0.15, -0.1) is 5.10 Å². The van der Waals surface area contributed by atoms with Crippen LogP contribution in [0.15, 0.2) is 78.9 Å². The molecule has 4 aromatic carbocycles. The second-order valence-electron chi connectivity index (χ2n) is 10.5. The molecule has 2 heterocycles. The van der Waals surface area contributed by atoms with Crippen LogP contribution in [0.2, 0.25) is 0 Å². The SMILES string of the molecule is COc1ccc(CN(C(=O)Cn2nnc3ccccc32)C(C(=O)Nc2ccc3c(c2)OCO3)c2cc(OC)c(OC)c(OC)c2)cc1. The zero-order valence-corrected chi connectivity index (χ0v) is 26.3. The van der Waals surface area contributed by atoms with E-state index in [1.807, 2.05) is 36.4 Å². The summed E-state index contributed by atoms with van der Waals surface area (Å²) in [5.74, 6) is 1.82. The number of methoxy groups -OCH3 is 4. The van der Waals surface area contributed by atoms with Crippen molar-refractivity contribution in [3.63, 3.8) is 0 Å². The van der Waals surface area contributed by atoms with Crippen LogP contribution >= 0.6 is 0 Å². The van der Waals surface area contributed by atoms with Crippen LogP contribution in [-0.4, -0.2) is 66.9 Å². The van der Waals surface area contributed by atoms with Crippen molar-refractivity contribution in [1.29, 1.82) is 0 Å². The highest BCUT2D eigenvalue weighted by molar-refractivity contribution is 5.98. The third-order valence-electron chi connectivity index (χ3n) is 7.74. The number of hydrogen-bond donors (Lipinski definition) is 1. The number of ether oxygens (including phenoxy) is 6. The summed E-state index contributed by atoms with van der Waals surface area (Å²) in [7, 11) is 6.04. The molecule has 1 atom stereocenters. The summed E-state index contributed by atoms with van der Waals surface area (Å²) in [4.78, 5) is 30.4. The van der Waals surface area contributed by atoms with Gasteiger partial charge in [-0.1, -0.05) is 29.5 Å². The van der Waals surface area contributed by atoms with Crippen molar-refractivity contribution in [2.45, 2.75) is 19.1 Å². The van der Waals surface area contributed by atoms with Gasteiger partial charge in [0.05, 0.1) is 34.0 Å². The predicted octanol–water partition coefficient (Wildman–Crippen LogP) is 4.60. The highest BCUT2D eigenvalue weighted by atomic mass is 16.7. The van der Waals surface area contributed by atoms with E-state index in [1.165, 1.54) is 30.9 Å². The molecule has 0 spiro atoms. The molecule has 242 valence electrons. The number of fused-ring (bicyclic) bond motifs is 2. The second-order valence-corrected chi connectivity index (χ2v) is 10.5. The Morgan fingerprint density at radius 2 is 1.60 bits per heavy atom. The zero-order chi connectivity index (χ0) is 32.9. The van der Waals surface area contributed by atoms with Crippen molar-refractivity contribution in [3.8, 4) is 34.5 Å². The maximum absolute atomic E-state index is 14.5. The number of aromatic nitrogens is 3. The number of nitrogens with zero attached hydrogens (tertiary/aromatic N) is 4. The summed E-state index contributed by atoms with van der Waals surface area (Å²) >= 11 is 0. The van der Waals surface area contributed by atoms with Crippen LogP contribution in [0.4, 0.5) is 5.69 Å². The van der Waals surface area contributed by atoms with Crippen LogP contribution in [0.1, 0.15) is 17.2 Å². The molecule has 0 bridgehead atoms. The first-order chi connectivity index (χ1) is 22.9. The van der Waals surface area contributed by atoms with Gasteiger partial charge in [0.2, 0.25) is 18.4 Å². The Kier molecular flexibility index (Phi) is 8.95. The Morgan fingerprint density at radius 3 is 2.30 bits per heavy atom. The largest absolute Gasteiger partial charge is 0.497 e. The van der Waals surface area contributed by atoms with Gasteiger partial charge in [0.15, 0.2) is 23.0 Å². The van der Waals surface area contributed by atoms with Gasteiger partial charge in [-0.3, -0.25) is 9.59 Å². The fraction of sp³-hybridized carbons (Fsp3) is 0.235. The molecule has 5 aromatic rings. The van der Waals surface area contributed by atoms with Crippen molar-refractivity contribution in [1.82, 2.24) is 19.9 Å². The molecule has 1 aliphatic heterocycles. The standard InChI is InChI=1S/C34H33N5O8/c1-42-24-12-9-21(10-13-24)18-38(31(40)19-39-26-8-6-5-7-25(26)36-37-39)32(22-15-29(43-2)33(45-4)30(16-22)44-3)34(41)35-23-11-14-27-28(17-23)47-20-46-27/h5-17,32H,18-20H2,1-4H3,(H,35,41). The number of carbonyl (C=O) groups excluding carboxylic acids is 2. The number of rotatable bonds is 12. The molecule has 6 rings (SSSR count). The fourth-order valence-corrected chi connectivity index (χ4v) is 5.42. The summed E-state index contributed by atoms with van der Waals surface area (Å²) in [5.41, 5.74) is 2.96. The first kappa shape index (κ1) is 31.0. The van der Waals surface area contributed by atoms with Gasteiger partial charge in [-0.2, -0.15) is 0 Å². The van der Waals surface area contributed by atoms with E-state index in [0.29, 0.717) is 56.8 Å². The molecule has 1 N–H and O–H groups in total. The predicted molar refractivity (Wildman–Crippen MR) is 171 cm³/mol. The monoisotopic (exact) mass is 639 g/mol. The quantitative estimate of drug-likeness (QED) is 0.206. The average Bonchev–Trinajstić information content (AvgIpc) is 3.74. The van der Waals surface area contributed by atoms with Gasteiger partial charge in [0, 0.05) is 18.3 Å². The molecule has 47 heavy (non-hydrogen) atoms. The highest BCUT2D eigenvalue weighted by Gasteiger charge is 2.34. The number of nitrogens with one attached hydrogen (secondary N) is 1. The molecule has 1 aliphatic rings. The lowest BCUT2D eigenvalue weighted by atomic mass is 10.0. The molecule has 13 nitrogen and oxygen atoms in total. The van der Waals surface area contributed by atoms with Crippen molar-refractivity contribution in [2.24, 2.45) is 0 Å². The molecule has 0 radical (unpaired) electrons. The van der Waals surface area contributed by atoms with Crippen LogP contribution in [-0.2, 0) is 22.7 Å². The van der Waals surface area contributed by atoms with Crippen molar-refractivity contribution in [3.05, 3.63) is 90.0 Å². The minimum Gasteiger partial charge on any atom is -0.497 e. The molecular weight excluding hydrogens is 606 g/mol. The van der Waals surface area contributed by atoms with E-state index in [1.54, 1.807) is 49.6 Å². The van der Waals surface area contributed by atoms with Crippen LogP contribution in [0.5, 0.6) is 34.5 Å². The van der Waals surface area contributed by atoms with Crippen LogP contribution in [0.25, 0.3) is 11.0 Å². The Balaban J connectivity index is 1.46. The summed E-state index contributed by atoms with van der Waals surface area (Å²) in [6.45, 7) is -0.0395. The number of carbonyl (C=O) groups is 2. The van der Waals surface area contributed by atoms with E-state index in [0.717, 1.165) is 5.56 Å². The molecule has 1 unspecified atom stereocenters. The molecular formula is C34H33N5O8. The maximum atomic E-state index is 14.5. The number of amides is 2. The third kappa shape index (κ3) is 6.41. The van der Waals surface area contributed by atoms with E-state index in [9.17, 15) is 9.59 Å². The van der Waals surface area contributed by atoms with Crippen LogP contribution in [0, 0.1) is 0 Å². The van der Waals surface area contributed by atoms with E-state index in [4.69, 9.17) is 28.4 Å². The van der Waals surface area contributed by atoms with Gasteiger partial charge in [-0.05, 0) is 59.7 Å². The molecule has 0 fully saturated rings. The minimum atomic E-state index is -1.18. The van der Waals surface area contributed by atoms with Crippen LogP contribution < -0.4 is 33.7 Å². The Labute approximate surface area is 270 Å². The summed E-state index contributed by atoms with van der Waals surface area (Å²) < 4.78 is 34.6. The molecule has 2 amide bonds. The molecule has 0 saturated heterocycles. The highest BCUT2D eigenvalue weighted by Crippen LogP contribution is 2.42. The number of benzene rings is 4. The first-order valence-corrected chi connectivity index (χ1v) is 14.6. The van der Waals surface area contributed by atoms with Crippen molar-refractivity contribution in [2.75, 3.05) is 40.5 Å². The molecule has 0 aliphatic carbocycles. The maximum Gasteiger partial charge on any atom is 0.251 e. The van der Waals surface area contributed by atoms with Gasteiger partial charge in [0.1, 0.15) is 23.9 Å². The number of anilines is 1. The lowest BCUT2D eigenvalue weighted by Gasteiger charge is -2.32. The zero-order valence-electron chi connectivity index (χ0n) is 26.3. The van der Waals surface area contributed by atoms with Gasteiger partial charge < -0.3 is 38.6 Å². The molecule has 1 aromatic heterocycles. The van der Waals surface area contributed by atoms with Crippen molar-refractivity contribution >= 4 is 28.5 Å². The van der Waals surface area contributed by atoms with E-state index in [-0.39, 0.29) is 19.9 Å².